The number of nitrogens with zero attached hydrogens (tertiary/aromatic N) is 7. The molecule has 0 bridgehead atoms. The number of phosphoric ester groups is 1. The van der Waals surface area contributed by atoms with E-state index < -0.39 is 111 Å². The number of phosphoric acid groups is 1. The number of hydrogen-bond donors (Lipinski definition) is 12. The predicted octanol–water partition coefficient (Wildman–Crippen LogP) is 1.67. The number of nitrogens with one attached hydrogen (secondary N) is 5. The second kappa shape index (κ2) is 48.3. The first-order valence-corrected chi connectivity index (χ1v) is 39.7. The third kappa shape index (κ3) is 32.1. The maximum Gasteiger partial charge on any atom is 0.267 e. The van der Waals surface area contributed by atoms with Gasteiger partial charge in [-0.3, -0.25) is 38.1 Å². The molecule has 3 fully saturated rings. The lowest BCUT2D eigenvalue weighted by Crippen LogP contribution is -2.55. The number of carbonyl (C=O) groups is 7. The highest BCUT2D eigenvalue weighted by atomic mass is 32.1. The molecule has 3 saturated heterocycles. The van der Waals surface area contributed by atoms with Crippen molar-refractivity contribution in [2.45, 2.75) is 248 Å². The third-order valence-electron chi connectivity index (χ3n) is 19.6. The van der Waals surface area contributed by atoms with Crippen LogP contribution in [0.15, 0.2) is 60.9 Å². The number of aliphatic hydroxyl groups is 7. The van der Waals surface area contributed by atoms with Crippen LogP contribution in [-0.4, -0.2) is 258 Å². The average Bonchev–Trinajstić information content (AvgIpc) is 1.71. The van der Waals surface area contributed by atoms with Gasteiger partial charge in [0.05, 0.1) is 89.0 Å². The molecule has 3 aliphatic rings. The molecule has 0 aliphatic carbocycles. The number of ketones is 1. The van der Waals surface area contributed by atoms with Crippen molar-refractivity contribution in [2.75, 3.05) is 66.8 Å². The number of β-amino-alcohol motifs (C(OH)–C–C–N with tert-alkyl or cyclic N) is 1. The van der Waals surface area contributed by atoms with Gasteiger partial charge in [0, 0.05) is 108 Å². The molecule has 13 unspecified atom stereocenters. The fourth-order valence-electron chi connectivity index (χ4n) is 13.0. The standard InChI is InChI=1S/C74H115N12O23P.H2S/c1-47-20-18-21-50(34-47)59-40-84(82-80-59)42-61-70(98)68(96)48(2)73(108-61)105-46-56(90)38-78-64(92)27-12-9-17-33-76-72(100)58(79-66(94)28-15-14-24-53(87)23-10-6-7-13-29-67(95)86-39-54(88)36-52(86)44-107-110(101,102)104-5)30-31-65(93)75-32-16-8-11-26-63(91)77-37-55(89)45-106-74-49(3)69(97)71(99)62(109-74)43-85-41-60(81-83-85)51-22-19-25-57(35-51)103-4;/h18-22,25,34-35,40-41,48-49,52,54-56,58,61-62,68-71,73-74,88-90,96-99H,6-17,23-24,26-33,36-39,42-46H2,1-5H3,(H,75,93)(H,76,100)(H,77,91)(H,78,92)(H,79,94)(H,101,102);1H2/p-1/t48?,49?,52-,54+,55?,56?,58-,61?,62?,68?,69?,70?,71?,73?,74?;/m0./s1. The minimum atomic E-state index is -4.50. The van der Waals surface area contributed by atoms with Gasteiger partial charge in [-0.2, -0.15) is 13.5 Å². The topological polar surface area (TPSA) is 491 Å². The Hall–Kier alpha value is -6.97. The van der Waals surface area contributed by atoms with Gasteiger partial charge in [-0.1, -0.05) is 85.9 Å². The number of ether oxygens (including phenoxy) is 5. The van der Waals surface area contributed by atoms with E-state index in [0.29, 0.717) is 101 Å². The van der Waals surface area contributed by atoms with Gasteiger partial charge in [0.1, 0.15) is 53.4 Å². The van der Waals surface area contributed by atoms with Gasteiger partial charge in [0.25, 0.3) is 7.82 Å². The summed E-state index contributed by atoms with van der Waals surface area (Å²) in [7, 11) is -1.97. The number of unbranched alkanes of at least 4 members (excludes halogenated alkanes) is 8. The lowest BCUT2D eigenvalue weighted by molar-refractivity contribution is -0.283. The predicted molar refractivity (Wildman–Crippen MR) is 404 cm³/mol. The SMILES string of the molecule is COc1cccc(-c2cn(CC3OC(OCC(O)CNC(=O)CCCCCNC(=O)CC[C@H](NC(=O)CCCCC(=O)CCCCCCC(=O)N4C[C@H](O)C[C@H]4COP(=O)([O-])OC)C(=O)NCCCCCC(=O)NCC(O)COC4OC(Cn5cc(-c6cccc(C)c6)nn5)C(O)C(O)C4C)C(C)C(O)C3O)nn2)c1.S. The Kier molecular flexibility index (Phi) is 40.4. The summed E-state index contributed by atoms with van der Waals surface area (Å²) in [5.74, 6) is -2.85. The number of hydrogen-bond acceptors (Lipinski definition) is 27. The summed E-state index contributed by atoms with van der Waals surface area (Å²) in [4.78, 5) is 104. The summed E-state index contributed by atoms with van der Waals surface area (Å²) >= 11 is 0. The van der Waals surface area contributed by atoms with Gasteiger partial charge in [-0.05, 0) is 89.3 Å². The van der Waals surface area contributed by atoms with Gasteiger partial charge < -0.3 is 105 Å². The third-order valence-corrected chi connectivity index (χ3v) is 20.6. The Morgan fingerprint density at radius 3 is 1.65 bits per heavy atom. The molecule has 6 amide bonds. The zero-order valence-electron chi connectivity index (χ0n) is 64.1. The molecule has 3 aliphatic heterocycles. The van der Waals surface area contributed by atoms with Crippen LogP contribution in [0.4, 0.5) is 0 Å². The molecule has 37 heteroatoms. The normalized spacial score (nSPS) is 23.1. The minimum Gasteiger partial charge on any atom is -0.756 e. The molecule has 0 spiro atoms. The van der Waals surface area contributed by atoms with E-state index >= 15 is 0 Å². The molecule has 12 N–H and O–H groups in total. The number of aryl methyl sites for hydroxylation is 1. The van der Waals surface area contributed by atoms with Crippen LogP contribution in [0.5, 0.6) is 5.75 Å². The smallest absolute Gasteiger partial charge is 0.267 e. The Morgan fingerprint density at radius 1 is 0.613 bits per heavy atom. The van der Waals surface area contributed by atoms with E-state index in [1.54, 1.807) is 45.5 Å². The van der Waals surface area contributed by atoms with Gasteiger partial charge >= 0.3 is 0 Å². The maximum absolute atomic E-state index is 13.6. The van der Waals surface area contributed by atoms with Crippen molar-refractivity contribution in [1.29, 1.82) is 0 Å². The Labute approximate surface area is 654 Å². The van der Waals surface area contributed by atoms with Crippen LogP contribution in [0.2, 0.25) is 0 Å². The summed E-state index contributed by atoms with van der Waals surface area (Å²) in [5, 5.41) is 106. The van der Waals surface area contributed by atoms with Gasteiger partial charge in [0.2, 0.25) is 35.4 Å². The van der Waals surface area contributed by atoms with Crippen LogP contribution < -0.4 is 36.2 Å². The van der Waals surface area contributed by atoms with E-state index in [-0.39, 0.29) is 160 Å². The summed E-state index contributed by atoms with van der Waals surface area (Å²) < 4.78 is 52.9. The molecule has 0 saturated carbocycles. The van der Waals surface area contributed by atoms with Crippen molar-refractivity contribution in [3.63, 3.8) is 0 Å². The quantitative estimate of drug-likeness (QED) is 0.0221. The van der Waals surface area contributed by atoms with Crippen LogP contribution in [0.25, 0.3) is 22.5 Å². The average molecular weight is 1600 g/mol. The Bertz CT molecular complexity index is 3560. The molecular formula is C74H116N12O23PS-. The van der Waals surface area contributed by atoms with Crippen LogP contribution in [-0.2, 0) is 79.2 Å². The highest BCUT2D eigenvalue weighted by Crippen LogP contribution is 2.38. The molecule has 7 rings (SSSR count). The van der Waals surface area contributed by atoms with E-state index in [1.807, 2.05) is 43.3 Å². The number of carbonyl (C=O) groups excluding carboxylic acids is 7. The monoisotopic (exact) mass is 1600 g/mol. The summed E-state index contributed by atoms with van der Waals surface area (Å²) in [6, 6.07) is 13.4. The van der Waals surface area contributed by atoms with Crippen LogP contribution in [0.1, 0.15) is 154 Å². The zero-order chi connectivity index (χ0) is 79.7. The Balaban J connectivity index is 0.0000192. The Morgan fingerprint density at radius 2 is 1.10 bits per heavy atom. The largest absolute Gasteiger partial charge is 0.756 e. The second-order valence-corrected chi connectivity index (χ2v) is 30.2. The first kappa shape index (κ1) is 92.9. The number of Topliss-reactive ketones (excluding diaryl/α,β-unsaturated/α-hetero) is 1. The molecule has 35 nitrogen and oxygen atoms in total. The lowest BCUT2D eigenvalue weighted by Gasteiger charge is -2.41. The highest BCUT2D eigenvalue weighted by molar-refractivity contribution is 7.59. The maximum atomic E-state index is 13.6. The number of rotatable bonds is 50. The van der Waals surface area contributed by atoms with Crippen LogP contribution in [0, 0.1) is 18.8 Å². The van der Waals surface area contributed by atoms with Crippen LogP contribution in [0.3, 0.4) is 0 Å². The van der Waals surface area contributed by atoms with Crippen molar-refractivity contribution in [3.05, 3.63) is 66.5 Å². The van der Waals surface area contributed by atoms with Gasteiger partial charge in [-0.15, -0.1) is 10.2 Å². The van der Waals surface area contributed by atoms with Gasteiger partial charge in [-0.25, -0.2) is 9.36 Å². The number of aliphatic hydroxyl groups excluding tert-OH is 7. The summed E-state index contributed by atoms with van der Waals surface area (Å²) in [6.45, 7) is 4.85. The fourth-order valence-corrected chi connectivity index (χ4v) is 13.5. The van der Waals surface area contributed by atoms with Crippen molar-refractivity contribution < 1.29 is 111 Å². The number of aromatic nitrogens is 6. The summed E-state index contributed by atoms with van der Waals surface area (Å²) in [6.07, 6.45) is -1.06. The number of amides is 6. The molecule has 0 radical (unpaired) electrons. The minimum absolute atomic E-state index is 0. The van der Waals surface area contributed by atoms with Crippen molar-refractivity contribution in [2.24, 2.45) is 11.8 Å². The fraction of sp³-hybridized carbons (Fsp3) is 0.689. The molecule has 4 aromatic rings. The number of methoxy groups -OCH3 is 1. The first-order valence-electron chi connectivity index (χ1n) is 38.2. The van der Waals surface area contributed by atoms with Crippen molar-refractivity contribution in [3.8, 4) is 28.3 Å². The molecule has 2 aromatic heterocycles. The molecule has 16 atom stereocenters. The number of likely N-dealkylation sites (tertiary alicyclic amines) is 1. The molecule has 111 heavy (non-hydrogen) atoms. The van der Waals surface area contributed by atoms with E-state index in [4.69, 9.17) is 28.2 Å². The zero-order valence-corrected chi connectivity index (χ0v) is 66.0. The molecule has 622 valence electrons. The molecule has 5 heterocycles. The van der Waals surface area contributed by atoms with Crippen molar-refractivity contribution in [1.82, 2.24) is 61.5 Å². The van der Waals surface area contributed by atoms with Gasteiger partial charge in [0.15, 0.2) is 12.6 Å². The lowest BCUT2D eigenvalue weighted by atomic mass is 9.92. The van der Waals surface area contributed by atoms with Crippen LogP contribution >= 0.6 is 21.3 Å². The number of benzene rings is 2. The summed E-state index contributed by atoms with van der Waals surface area (Å²) in [5.41, 5.74) is 3.87. The second-order valence-electron chi connectivity index (χ2n) is 28.7. The molecular weight excluding hydrogens is 1490 g/mol. The molecule has 2 aromatic carbocycles. The van der Waals surface area contributed by atoms with E-state index in [0.717, 1.165) is 23.8 Å². The first-order chi connectivity index (χ1) is 52.7. The van der Waals surface area contributed by atoms with E-state index in [2.05, 4.69) is 51.7 Å². The van der Waals surface area contributed by atoms with E-state index in [9.17, 15) is 78.8 Å². The highest BCUT2D eigenvalue weighted by Gasteiger charge is 2.45. The van der Waals surface area contributed by atoms with Crippen molar-refractivity contribution >= 4 is 62.5 Å². The van der Waals surface area contributed by atoms with E-state index in [1.165, 1.54) is 14.3 Å².